The van der Waals surface area contributed by atoms with E-state index in [-0.39, 0.29) is 5.41 Å². The highest BCUT2D eigenvalue weighted by atomic mass is 32.1. The number of aromatic nitrogens is 2. The first-order valence-electron chi connectivity index (χ1n) is 6.64. The molecule has 0 saturated heterocycles. The van der Waals surface area contributed by atoms with Gasteiger partial charge in [-0.15, -0.1) is 11.3 Å². The summed E-state index contributed by atoms with van der Waals surface area (Å²) < 4.78 is 0. The van der Waals surface area contributed by atoms with Gasteiger partial charge in [0.05, 0.1) is 5.52 Å². The molecule has 20 heavy (non-hydrogen) atoms. The SMILES string of the molecule is CC(C)(CNc1ncnc2ccccc12)c1cccs1. The summed E-state index contributed by atoms with van der Waals surface area (Å²) in [6, 6.07) is 12.4. The Morgan fingerprint density at radius 1 is 1.10 bits per heavy atom. The summed E-state index contributed by atoms with van der Waals surface area (Å²) in [6.45, 7) is 5.33. The Hall–Kier alpha value is -1.94. The molecule has 3 nitrogen and oxygen atoms in total. The summed E-state index contributed by atoms with van der Waals surface area (Å²) >= 11 is 1.80. The van der Waals surface area contributed by atoms with Crippen LogP contribution in [0.15, 0.2) is 48.1 Å². The third kappa shape index (κ3) is 2.51. The quantitative estimate of drug-likeness (QED) is 0.784. The van der Waals surface area contributed by atoms with Crippen molar-refractivity contribution < 1.29 is 0 Å². The Morgan fingerprint density at radius 2 is 1.95 bits per heavy atom. The van der Waals surface area contributed by atoms with Crippen molar-refractivity contribution in [2.75, 3.05) is 11.9 Å². The first-order valence-corrected chi connectivity index (χ1v) is 7.52. The van der Waals surface area contributed by atoms with E-state index in [1.165, 1.54) is 4.88 Å². The van der Waals surface area contributed by atoms with Crippen molar-refractivity contribution in [1.82, 2.24) is 9.97 Å². The van der Waals surface area contributed by atoms with Crippen LogP contribution in [0, 0.1) is 0 Å². The minimum atomic E-state index is 0.0836. The van der Waals surface area contributed by atoms with Crippen LogP contribution >= 0.6 is 11.3 Å². The molecule has 0 spiro atoms. The average molecular weight is 283 g/mol. The van der Waals surface area contributed by atoms with Gasteiger partial charge in [0, 0.05) is 22.2 Å². The highest BCUT2D eigenvalue weighted by Crippen LogP contribution is 2.28. The first kappa shape index (κ1) is 13.1. The topological polar surface area (TPSA) is 37.8 Å². The molecule has 102 valence electrons. The third-order valence-electron chi connectivity index (χ3n) is 3.43. The van der Waals surface area contributed by atoms with Crippen LogP contribution in [0.5, 0.6) is 0 Å². The predicted molar refractivity (Wildman–Crippen MR) is 85.4 cm³/mol. The van der Waals surface area contributed by atoms with Gasteiger partial charge < -0.3 is 5.32 Å². The zero-order chi connectivity index (χ0) is 14.0. The molecule has 0 aliphatic heterocycles. The third-order valence-corrected chi connectivity index (χ3v) is 4.66. The number of nitrogens with one attached hydrogen (secondary N) is 1. The molecule has 3 rings (SSSR count). The van der Waals surface area contributed by atoms with Crippen LogP contribution in [0.4, 0.5) is 5.82 Å². The van der Waals surface area contributed by atoms with Gasteiger partial charge in [-0.05, 0) is 23.6 Å². The molecular formula is C16H17N3S. The number of anilines is 1. The lowest BCUT2D eigenvalue weighted by Gasteiger charge is -2.24. The van der Waals surface area contributed by atoms with Crippen molar-refractivity contribution >= 4 is 28.1 Å². The van der Waals surface area contributed by atoms with E-state index < -0.39 is 0 Å². The molecule has 0 bridgehead atoms. The molecule has 0 unspecified atom stereocenters. The van der Waals surface area contributed by atoms with Crippen LogP contribution in [0.3, 0.4) is 0 Å². The molecule has 1 N–H and O–H groups in total. The van der Waals surface area contributed by atoms with Gasteiger partial charge in [0.1, 0.15) is 12.1 Å². The van der Waals surface area contributed by atoms with E-state index in [1.807, 2.05) is 18.2 Å². The molecule has 0 saturated carbocycles. The van der Waals surface area contributed by atoms with Crippen molar-refractivity contribution in [3.8, 4) is 0 Å². The minimum Gasteiger partial charge on any atom is -0.369 e. The average Bonchev–Trinajstić information content (AvgIpc) is 3.00. The van der Waals surface area contributed by atoms with Crippen LogP contribution < -0.4 is 5.32 Å². The number of fused-ring (bicyclic) bond motifs is 1. The summed E-state index contributed by atoms with van der Waals surface area (Å²) in [5.41, 5.74) is 1.05. The van der Waals surface area contributed by atoms with Gasteiger partial charge >= 0.3 is 0 Å². The van der Waals surface area contributed by atoms with E-state index in [4.69, 9.17) is 0 Å². The summed E-state index contributed by atoms with van der Waals surface area (Å²) in [7, 11) is 0. The lowest BCUT2D eigenvalue weighted by Crippen LogP contribution is -2.27. The van der Waals surface area contributed by atoms with Gasteiger partial charge in [-0.1, -0.05) is 32.0 Å². The predicted octanol–water partition coefficient (Wildman–Crippen LogP) is 4.08. The molecule has 1 aromatic carbocycles. The number of nitrogens with zero attached hydrogens (tertiary/aromatic N) is 2. The zero-order valence-electron chi connectivity index (χ0n) is 11.6. The Balaban J connectivity index is 1.84. The fourth-order valence-corrected chi connectivity index (χ4v) is 3.05. The number of para-hydroxylation sites is 1. The fourth-order valence-electron chi connectivity index (χ4n) is 2.20. The van der Waals surface area contributed by atoms with Crippen molar-refractivity contribution in [1.29, 1.82) is 0 Å². The highest BCUT2D eigenvalue weighted by molar-refractivity contribution is 7.10. The van der Waals surface area contributed by atoms with E-state index in [9.17, 15) is 0 Å². The number of thiophene rings is 1. The van der Waals surface area contributed by atoms with Gasteiger partial charge in [0.2, 0.25) is 0 Å². The van der Waals surface area contributed by atoms with Crippen LogP contribution in [0.2, 0.25) is 0 Å². The van der Waals surface area contributed by atoms with Crippen LogP contribution in [-0.2, 0) is 5.41 Å². The molecule has 0 aliphatic rings. The second-order valence-corrected chi connectivity index (χ2v) is 6.40. The number of benzene rings is 1. The Labute approximate surface area is 122 Å². The monoisotopic (exact) mass is 283 g/mol. The number of hydrogen-bond acceptors (Lipinski definition) is 4. The molecule has 0 atom stereocenters. The van der Waals surface area contributed by atoms with E-state index in [2.05, 4.69) is 52.7 Å². The molecule has 0 amide bonds. The number of rotatable bonds is 4. The number of hydrogen-bond donors (Lipinski definition) is 1. The maximum atomic E-state index is 4.37. The minimum absolute atomic E-state index is 0.0836. The zero-order valence-corrected chi connectivity index (χ0v) is 12.4. The van der Waals surface area contributed by atoms with Gasteiger partial charge in [-0.3, -0.25) is 0 Å². The second-order valence-electron chi connectivity index (χ2n) is 5.45. The van der Waals surface area contributed by atoms with Gasteiger partial charge in [-0.2, -0.15) is 0 Å². The van der Waals surface area contributed by atoms with Crippen LogP contribution in [-0.4, -0.2) is 16.5 Å². The largest absolute Gasteiger partial charge is 0.369 e. The molecule has 0 fully saturated rings. The van der Waals surface area contributed by atoms with E-state index in [1.54, 1.807) is 17.7 Å². The van der Waals surface area contributed by atoms with Crippen molar-refractivity contribution in [2.24, 2.45) is 0 Å². The molecule has 2 aromatic heterocycles. The summed E-state index contributed by atoms with van der Waals surface area (Å²) in [6.07, 6.45) is 1.61. The van der Waals surface area contributed by atoms with Gasteiger partial charge in [0.25, 0.3) is 0 Å². The Bertz CT molecular complexity index is 699. The maximum Gasteiger partial charge on any atom is 0.137 e. The highest BCUT2D eigenvalue weighted by Gasteiger charge is 2.21. The maximum absolute atomic E-state index is 4.37. The Kier molecular flexibility index (Phi) is 3.40. The molecular weight excluding hydrogens is 266 g/mol. The smallest absolute Gasteiger partial charge is 0.137 e. The molecule has 0 aliphatic carbocycles. The van der Waals surface area contributed by atoms with Gasteiger partial charge in [-0.25, -0.2) is 9.97 Å². The molecule has 3 aromatic rings. The van der Waals surface area contributed by atoms with Crippen molar-refractivity contribution in [3.05, 3.63) is 53.0 Å². The van der Waals surface area contributed by atoms with Crippen LogP contribution in [0.25, 0.3) is 10.9 Å². The summed E-state index contributed by atoms with van der Waals surface area (Å²) in [4.78, 5) is 10.0. The van der Waals surface area contributed by atoms with E-state index in [0.29, 0.717) is 0 Å². The summed E-state index contributed by atoms with van der Waals surface area (Å²) in [5, 5.41) is 6.66. The first-order chi connectivity index (χ1) is 9.67. The Morgan fingerprint density at radius 3 is 2.75 bits per heavy atom. The van der Waals surface area contributed by atoms with Crippen molar-refractivity contribution in [3.63, 3.8) is 0 Å². The fraction of sp³-hybridized carbons (Fsp3) is 0.250. The van der Waals surface area contributed by atoms with Crippen LogP contribution in [0.1, 0.15) is 18.7 Å². The molecule has 2 heterocycles. The molecule has 4 heteroatoms. The standard InChI is InChI=1S/C16H17N3S/c1-16(2,14-8-5-9-20-14)10-17-15-12-6-3-4-7-13(12)18-11-19-15/h3-9,11H,10H2,1-2H3,(H,17,18,19). The van der Waals surface area contributed by atoms with E-state index in [0.717, 1.165) is 23.3 Å². The normalized spacial score (nSPS) is 11.7. The molecule has 0 radical (unpaired) electrons. The van der Waals surface area contributed by atoms with E-state index >= 15 is 0 Å². The van der Waals surface area contributed by atoms with Crippen molar-refractivity contribution in [2.45, 2.75) is 19.3 Å². The van der Waals surface area contributed by atoms with Gasteiger partial charge in [0.15, 0.2) is 0 Å². The lowest BCUT2D eigenvalue weighted by atomic mass is 9.91. The lowest BCUT2D eigenvalue weighted by molar-refractivity contribution is 0.568. The second kappa shape index (κ2) is 5.21. The summed E-state index contributed by atoms with van der Waals surface area (Å²) in [5.74, 6) is 0.903.